The lowest BCUT2D eigenvalue weighted by Gasteiger charge is -2.32. The third-order valence-corrected chi connectivity index (χ3v) is 8.14. The maximum Gasteiger partial charge on any atom is 0.296 e. The third kappa shape index (κ3) is 4.60. The van der Waals surface area contributed by atoms with Crippen LogP contribution in [0.4, 0.5) is 14.5 Å². The number of H-pyrrole nitrogens is 1. The zero-order valence-corrected chi connectivity index (χ0v) is 21.8. The number of hydrogen-bond donors (Lipinski definition) is 1. The van der Waals surface area contributed by atoms with Crippen molar-refractivity contribution in [2.45, 2.75) is 43.9 Å². The predicted octanol–water partition coefficient (Wildman–Crippen LogP) is 3.54. The van der Waals surface area contributed by atoms with Crippen molar-refractivity contribution < 1.29 is 23.0 Å². The lowest BCUT2D eigenvalue weighted by atomic mass is 9.95. The lowest BCUT2D eigenvalue weighted by Crippen LogP contribution is -2.44. The number of terminal acetylenes is 1. The highest BCUT2D eigenvalue weighted by molar-refractivity contribution is 6.00. The molecule has 3 aromatic rings. The average molecular weight is 537 g/mol. The van der Waals surface area contributed by atoms with Crippen LogP contribution >= 0.6 is 0 Å². The van der Waals surface area contributed by atoms with Crippen molar-refractivity contribution >= 4 is 16.5 Å². The van der Waals surface area contributed by atoms with E-state index < -0.39 is 12.0 Å². The van der Waals surface area contributed by atoms with Crippen LogP contribution in [0.15, 0.2) is 29.1 Å². The molecule has 0 bridgehead atoms. The van der Waals surface area contributed by atoms with Crippen molar-refractivity contribution in [3.63, 3.8) is 0 Å². The lowest BCUT2D eigenvalue weighted by molar-refractivity contribution is 0.0512. The van der Waals surface area contributed by atoms with E-state index in [1.807, 2.05) is 4.90 Å². The second kappa shape index (κ2) is 10.1. The molecule has 0 aliphatic carbocycles. The Labute approximate surface area is 224 Å². The van der Waals surface area contributed by atoms with Crippen LogP contribution in [0, 0.1) is 18.2 Å². The summed E-state index contributed by atoms with van der Waals surface area (Å²) >= 11 is 0. The molecule has 4 heterocycles. The summed E-state index contributed by atoms with van der Waals surface area (Å²) in [5.74, 6) is 2.56. The van der Waals surface area contributed by atoms with Crippen LogP contribution in [-0.2, 0) is 17.7 Å². The zero-order valence-electron chi connectivity index (χ0n) is 21.8. The first-order valence-electron chi connectivity index (χ1n) is 13.1. The molecule has 0 unspecified atom stereocenters. The van der Waals surface area contributed by atoms with Gasteiger partial charge in [0.15, 0.2) is 6.79 Å². The molecule has 0 saturated carbocycles. The number of aromatic nitrogens is 2. The van der Waals surface area contributed by atoms with Gasteiger partial charge < -0.3 is 19.1 Å². The van der Waals surface area contributed by atoms with Crippen molar-refractivity contribution in [3.8, 4) is 24.1 Å². The molecule has 3 aliphatic heterocycles. The van der Waals surface area contributed by atoms with E-state index in [0.29, 0.717) is 60.6 Å². The van der Waals surface area contributed by atoms with E-state index in [4.69, 9.17) is 20.6 Å². The smallest absolute Gasteiger partial charge is 0.296 e. The number of fused-ring (bicyclic) bond motifs is 3. The molecule has 0 amide bonds. The monoisotopic (exact) mass is 536 g/mol. The quantitative estimate of drug-likeness (QED) is 0.366. The van der Waals surface area contributed by atoms with Crippen LogP contribution in [0.25, 0.3) is 10.8 Å². The van der Waals surface area contributed by atoms with Gasteiger partial charge in [-0.25, -0.2) is 8.78 Å². The highest BCUT2D eigenvalue weighted by atomic mass is 19.1. The molecule has 1 N–H and O–H groups in total. The number of benzene rings is 2. The Morgan fingerprint density at radius 3 is 2.97 bits per heavy atom. The molecular weight excluding hydrogens is 506 g/mol. The van der Waals surface area contributed by atoms with Crippen LogP contribution < -0.4 is 19.9 Å². The summed E-state index contributed by atoms with van der Waals surface area (Å²) in [6.07, 6.45) is 7.58. The van der Waals surface area contributed by atoms with Gasteiger partial charge >= 0.3 is 0 Å². The van der Waals surface area contributed by atoms with Crippen molar-refractivity contribution in [3.05, 3.63) is 57.3 Å². The second-order valence-corrected chi connectivity index (χ2v) is 10.5. The van der Waals surface area contributed by atoms with Crippen LogP contribution in [0.5, 0.6) is 11.8 Å². The second-order valence-electron chi connectivity index (χ2n) is 10.5. The highest BCUT2D eigenvalue weighted by Gasteiger charge is 2.49. The minimum atomic E-state index is -0.866. The maximum absolute atomic E-state index is 14.7. The van der Waals surface area contributed by atoms with Crippen molar-refractivity contribution in [1.29, 1.82) is 0 Å². The van der Waals surface area contributed by atoms with Gasteiger partial charge in [-0.15, -0.1) is 6.42 Å². The van der Waals surface area contributed by atoms with Crippen LogP contribution in [0.1, 0.15) is 36.1 Å². The fraction of sp³-hybridized carbons (Fsp3) is 0.448. The molecule has 10 heteroatoms. The summed E-state index contributed by atoms with van der Waals surface area (Å²) < 4.78 is 45.7. The van der Waals surface area contributed by atoms with E-state index in [-0.39, 0.29) is 36.1 Å². The maximum atomic E-state index is 14.7. The first-order chi connectivity index (χ1) is 18.9. The van der Waals surface area contributed by atoms with Crippen molar-refractivity contribution in [1.82, 2.24) is 14.9 Å². The molecule has 8 nitrogen and oxygen atoms in total. The largest absolute Gasteiger partial charge is 0.467 e. The molecule has 2 atom stereocenters. The third-order valence-electron chi connectivity index (χ3n) is 8.14. The van der Waals surface area contributed by atoms with E-state index in [0.717, 1.165) is 24.8 Å². The predicted molar refractivity (Wildman–Crippen MR) is 143 cm³/mol. The van der Waals surface area contributed by atoms with E-state index in [1.165, 1.54) is 13.2 Å². The Balaban J connectivity index is 1.32. The summed E-state index contributed by atoms with van der Waals surface area (Å²) in [7, 11) is 1.53. The molecule has 6 rings (SSSR count). The molecule has 2 aromatic carbocycles. The van der Waals surface area contributed by atoms with Crippen LogP contribution in [0.2, 0.25) is 0 Å². The summed E-state index contributed by atoms with van der Waals surface area (Å²) in [6, 6.07) is 6.73. The van der Waals surface area contributed by atoms with Crippen LogP contribution in [0.3, 0.4) is 0 Å². The first-order valence-corrected chi connectivity index (χ1v) is 13.1. The molecule has 1 aromatic heterocycles. The number of anilines is 1. The van der Waals surface area contributed by atoms with Gasteiger partial charge in [0.2, 0.25) is 0 Å². The van der Waals surface area contributed by atoms with Crippen molar-refractivity contribution in [2.75, 3.05) is 45.0 Å². The standard InChI is InChI=1S/C29H30F2N4O4/c1-3-21-23(31)6-5-18-11-20(39-17-37-2)12-25(26(18)21)34-10-7-22-24(15-34)32-28(33-27(22)36)38-16-29-8-4-9-35(29)14-19(30)13-29/h1,5-6,11-12,19H,4,7-10,13-17H2,2H3,(H,32,33,36)/t19-,29+/m1/s1. The van der Waals surface area contributed by atoms with Gasteiger partial charge in [0.1, 0.15) is 24.3 Å². The summed E-state index contributed by atoms with van der Waals surface area (Å²) in [5.41, 5.74) is 1.41. The van der Waals surface area contributed by atoms with Crippen LogP contribution in [-0.4, -0.2) is 66.7 Å². The molecular formula is C29H30F2N4O4. The summed E-state index contributed by atoms with van der Waals surface area (Å²) in [6.45, 7) is 2.39. The summed E-state index contributed by atoms with van der Waals surface area (Å²) in [4.78, 5) is 24.5. The molecule has 3 aliphatic rings. The average Bonchev–Trinajstić information content (AvgIpc) is 3.45. The molecule has 2 fully saturated rings. The molecule has 2 saturated heterocycles. The normalized spacial score (nSPS) is 22.5. The molecule has 204 valence electrons. The fourth-order valence-corrected chi connectivity index (χ4v) is 6.33. The van der Waals surface area contributed by atoms with E-state index >= 15 is 0 Å². The number of alkyl halides is 1. The van der Waals surface area contributed by atoms with Gasteiger partial charge in [0.05, 0.1) is 29.0 Å². The Hall–Kier alpha value is -3.68. The Kier molecular flexibility index (Phi) is 6.65. The minimum Gasteiger partial charge on any atom is -0.467 e. The number of rotatable bonds is 7. The number of hydrogen-bond acceptors (Lipinski definition) is 7. The SMILES string of the molecule is C#Cc1c(F)ccc2cc(OCOC)cc(N3CCc4c(nc(OC[C@@]56CCCN5C[C@H](F)C6)[nH]c4=O)C3)c12. The van der Waals surface area contributed by atoms with E-state index in [1.54, 1.807) is 18.2 Å². The van der Waals surface area contributed by atoms with Gasteiger partial charge in [-0.05, 0) is 43.3 Å². The number of halogens is 2. The Morgan fingerprint density at radius 2 is 2.15 bits per heavy atom. The molecule has 0 spiro atoms. The fourth-order valence-electron chi connectivity index (χ4n) is 6.33. The zero-order chi connectivity index (χ0) is 27.1. The van der Waals surface area contributed by atoms with Gasteiger partial charge in [-0.3, -0.25) is 14.7 Å². The highest BCUT2D eigenvalue weighted by Crippen LogP contribution is 2.40. The molecule has 0 radical (unpaired) electrons. The van der Waals surface area contributed by atoms with Gasteiger partial charge in [0, 0.05) is 43.6 Å². The van der Waals surface area contributed by atoms with E-state index in [9.17, 15) is 13.6 Å². The minimum absolute atomic E-state index is 0.0523. The molecule has 39 heavy (non-hydrogen) atoms. The topological polar surface area (TPSA) is 79.9 Å². The Bertz CT molecular complexity index is 1520. The number of nitrogens with zero attached hydrogens (tertiary/aromatic N) is 3. The Morgan fingerprint density at radius 1 is 1.28 bits per heavy atom. The van der Waals surface area contributed by atoms with E-state index in [2.05, 4.69) is 20.8 Å². The number of methoxy groups -OCH3 is 1. The van der Waals surface area contributed by atoms with Gasteiger partial charge in [-0.2, -0.15) is 4.98 Å². The van der Waals surface area contributed by atoms with Gasteiger partial charge in [-0.1, -0.05) is 12.0 Å². The van der Waals surface area contributed by atoms with Gasteiger partial charge in [0.25, 0.3) is 11.6 Å². The number of nitrogens with one attached hydrogen (secondary N) is 1. The first kappa shape index (κ1) is 25.6. The number of aromatic amines is 1. The van der Waals surface area contributed by atoms with Crippen molar-refractivity contribution in [2.24, 2.45) is 0 Å². The number of ether oxygens (including phenoxy) is 3. The summed E-state index contributed by atoms with van der Waals surface area (Å²) in [5, 5.41) is 1.32.